The van der Waals surface area contributed by atoms with Crippen LogP contribution in [0.4, 0.5) is 0 Å². The van der Waals surface area contributed by atoms with E-state index in [0.717, 1.165) is 6.42 Å². The van der Waals surface area contributed by atoms with Crippen molar-refractivity contribution in [2.24, 2.45) is 7.05 Å². The van der Waals surface area contributed by atoms with E-state index in [1.807, 2.05) is 0 Å². The van der Waals surface area contributed by atoms with Gasteiger partial charge in [0.2, 0.25) is 0 Å². The third kappa shape index (κ3) is 1.96. The van der Waals surface area contributed by atoms with Crippen LogP contribution in [0.5, 0.6) is 0 Å². The first-order valence-electron chi connectivity index (χ1n) is 5.53. The number of rotatable bonds is 3. The normalized spacial score (nSPS) is 10.5. The van der Waals surface area contributed by atoms with Crippen molar-refractivity contribution in [3.63, 3.8) is 0 Å². The van der Waals surface area contributed by atoms with Gasteiger partial charge in [-0.05, 0) is 24.1 Å². The summed E-state index contributed by atoms with van der Waals surface area (Å²) in [6.45, 7) is 2.22. The second kappa shape index (κ2) is 4.35. The number of aryl methyl sites for hydroxylation is 1. The van der Waals surface area contributed by atoms with Crippen LogP contribution in [-0.4, -0.2) is 4.57 Å². The number of hydrogen-bond acceptors (Lipinski definition) is 0. The van der Waals surface area contributed by atoms with Crippen LogP contribution in [0, 0.1) is 0 Å². The fourth-order valence-corrected chi connectivity index (χ4v) is 1.96. The lowest BCUT2D eigenvalue weighted by Crippen LogP contribution is -1.97. The van der Waals surface area contributed by atoms with Crippen LogP contribution in [0.25, 0.3) is 11.3 Å². The molecule has 1 heteroatoms. The van der Waals surface area contributed by atoms with E-state index in [9.17, 15) is 0 Å². The molecular weight excluding hydrogens is 182 g/mol. The van der Waals surface area contributed by atoms with E-state index < -0.39 is 0 Å². The summed E-state index contributed by atoms with van der Waals surface area (Å²) in [5, 5.41) is 0. The van der Waals surface area contributed by atoms with E-state index in [2.05, 4.69) is 61.0 Å². The first kappa shape index (κ1) is 10.0. The Hall–Kier alpha value is -1.50. The van der Waals surface area contributed by atoms with Crippen molar-refractivity contribution in [1.29, 1.82) is 0 Å². The highest BCUT2D eigenvalue weighted by atomic mass is 15.0. The van der Waals surface area contributed by atoms with Gasteiger partial charge < -0.3 is 4.57 Å². The molecule has 1 aromatic carbocycles. The summed E-state index contributed by atoms with van der Waals surface area (Å²) < 4.78 is 2.29. The van der Waals surface area contributed by atoms with Crippen molar-refractivity contribution in [1.82, 2.24) is 4.57 Å². The van der Waals surface area contributed by atoms with E-state index >= 15 is 0 Å². The maximum atomic E-state index is 2.29. The first-order chi connectivity index (χ1) is 7.33. The van der Waals surface area contributed by atoms with Gasteiger partial charge >= 0.3 is 0 Å². The van der Waals surface area contributed by atoms with Crippen LogP contribution >= 0.6 is 0 Å². The molecule has 2 aromatic rings. The van der Waals surface area contributed by atoms with Crippen LogP contribution in [0.15, 0.2) is 42.5 Å². The largest absolute Gasteiger partial charge is 0.348 e. The fourth-order valence-electron chi connectivity index (χ4n) is 1.96. The summed E-state index contributed by atoms with van der Waals surface area (Å²) in [4.78, 5) is 0. The number of nitrogens with zero attached hydrogens (tertiary/aromatic N) is 1. The average molecular weight is 199 g/mol. The molecule has 1 aromatic heterocycles. The van der Waals surface area contributed by atoms with E-state index in [0.29, 0.717) is 0 Å². The van der Waals surface area contributed by atoms with Crippen molar-refractivity contribution in [3.05, 3.63) is 48.2 Å². The molecule has 0 bridgehead atoms. The maximum Gasteiger partial charge on any atom is 0.0479 e. The average Bonchev–Trinajstić information content (AvgIpc) is 2.63. The zero-order valence-corrected chi connectivity index (χ0v) is 9.40. The quantitative estimate of drug-likeness (QED) is 0.711. The third-order valence-electron chi connectivity index (χ3n) is 2.80. The van der Waals surface area contributed by atoms with Crippen molar-refractivity contribution in [2.75, 3.05) is 0 Å². The molecule has 0 saturated carbocycles. The van der Waals surface area contributed by atoms with Gasteiger partial charge in [-0.1, -0.05) is 43.7 Å². The molecule has 1 heterocycles. The molecule has 0 amide bonds. The monoisotopic (exact) mass is 199 g/mol. The molecule has 15 heavy (non-hydrogen) atoms. The van der Waals surface area contributed by atoms with Gasteiger partial charge in [0.05, 0.1) is 0 Å². The summed E-state index contributed by atoms with van der Waals surface area (Å²) in [6.07, 6.45) is 2.36. The molecule has 0 aliphatic carbocycles. The molecule has 0 aliphatic heterocycles. The lowest BCUT2D eigenvalue weighted by atomic mass is 10.2. The predicted molar refractivity (Wildman–Crippen MR) is 64.8 cm³/mol. The molecule has 0 unspecified atom stereocenters. The molecule has 78 valence electrons. The van der Waals surface area contributed by atoms with Gasteiger partial charge in [0.15, 0.2) is 0 Å². The summed E-state index contributed by atoms with van der Waals surface area (Å²) in [5.41, 5.74) is 4.01. The SMILES string of the molecule is CCCc1ccc(-c2ccccc2)n1C. The van der Waals surface area contributed by atoms with E-state index in [1.165, 1.54) is 23.4 Å². The Balaban J connectivity index is 2.38. The zero-order chi connectivity index (χ0) is 10.7. The summed E-state index contributed by atoms with van der Waals surface area (Å²) in [7, 11) is 2.15. The highest BCUT2D eigenvalue weighted by molar-refractivity contribution is 5.60. The Labute approximate surface area is 91.4 Å². The van der Waals surface area contributed by atoms with Crippen LogP contribution < -0.4 is 0 Å². The predicted octanol–water partition coefficient (Wildman–Crippen LogP) is 3.64. The van der Waals surface area contributed by atoms with Crippen LogP contribution in [-0.2, 0) is 13.5 Å². The molecule has 0 radical (unpaired) electrons. The molecule has 2 rings (SSSR count). The van der Waals surface area contributed by atoms with Crippen LogP contribution in [0.2, 0.25) is 0 Å². The van der Waals surface area contributed by atoms with Crippen molar-refractivity contribution in [2.45, 2.75) is 19.8 Å². The molecule has 0 atom stereocenters. The molecule has 0 fully saturated rings. The smallest absolute Gasteiger partial charge is 0.0479 e. The van der Waals surface area contributed by atoms with Gasteiger partial charge in [-0.25, -0.2) is 0 Å². The Morgan fingerprint density at radius 1 is 1.00 bits per heavy atom. The Morgan fingerprint density at radius 2 is 1.73 bits per heavy atom. The molecule has 1 nitrogen and oxygen atoms in total. The second-order valence-corrected chi connectivity index (χ2v) is 3.88. The van der Waals surface area contributed by atoms with E-state index in [1.54, 1.807) is 0 Å². The maximum absolute atomic E-state index is 2.29. The summed E-state index contributed by atoms with van der Waals surface area (Å²) in [6, 6.07) is 15.0. The van der Waals surface area contributed by atoms with Gasteiger partial charge in [-0.15, -0.1) is 0 Å². The van der Waals surface area contributed by atoms with Crippen molar-refractivity contribution >= 4 is 0 Å². The van der Waals surface area contributed by atoms with Gasteiger partial charge in [0.1, 0.15) is 0 Å². The van der Waals surface area contributed by atoms with E-state index in [-0.39, 0.29) is 0 Å². The van der Waals surface area contributed by atoms with Gasteiger partial charge in [-0.3, -0.25) is 0 Å². The zero-order valence-electron chi connectivity index (χ0n) is 9.40. The highest BCUT2D eigenvalue weighted by Gasteiger charge is 2.04. The highest BCUT2D eigenvalue weighted by Crippen LogP contribution is 2.21. The Bertz CT molecular complexity index is 426. The number of aromatic nitrogens is 1. The van der Waals surface area contributed by atoms with Gasteiger partial charge in [0, 0.05) is 18.4 Å². The minimum absolute atomic E-state index is 1.16. The lowest BCUT2D eigenvalue weighted by molar-refractivity contribution is 0.792. The third-order valence-corrected chi connectivity index (χ3v) is 2.80. The lowest BCUT2D eigenvalue weighted by Gasteiger charge is -2.06. The summed E-state index contributed by atoms with van der Waals surface area (Å²) >= 11 is 0. The van der Waals surface area contributed by atoms with E-state index in [4.69, 9.17) is 0 Å². The minimum Gasteiger partial charge on any atom is -0.348 e. The fraction of sp³-hybridized carbons (Fsp3) is 0.286. The first-order valence-corrected chi connectivity index (χ1v) is 5.53. The standard InChI is InChI=1S/C14H17N/c1-3-7-13-10-11-14(15(13)2)12-8-5-4-6-9-12/h4-6,8-11H,3,7H2,1-2H3. The number of hydrogen-bond donors (Lipinski definition) is 0. The minimum atomic E-state index is 1.16. The topological polar surface area (TPSA) is 4.93 Å². The summed E-state index contributed by atoms with van der Waals surface area (Å²) in [5.74, 6) is 0. The molecular formula is C14H17N. The van der Waals surface area contributed by atoms with Crippen LogP contribution in [0.1, 0.15) is 19.0 Å². The molecule has 0 saturated heterocycles. The molecule has 0 aliphatic rings. The van der Waals surface area contributed by atoms with Gasteiger partial charge in [0.25, 0.3) is 0 Å². The van der Waals surface area contributed by atoms with Crippen LogP contribution in [0.3, 0.4) is 0 Å². The van der Waals surface area contributed by atoms with Gasteiger partial charge in [-0.2, -0.15) is 0 Å². The van der Waals surface area contributed by atoms with Crippen molar-refractivity contribution in [3.8, 4) is 11.3 Å². The Morgan fingerprint density at radius 3 is 2.40 bits per heavy atom. The second-order valence-electron chi connectivity index (χ2n) is 3.88. The Kier molecular flexibility index (Phi) is 2.91. The molecule has 0 spiro atoms. The number of benzene rings is 1. The molecule has 0 N–H and O–H groups in total. The van der Waals surface area contributed by atoms with Crippen molar-refractivity contribution < 1.29 is 0 Å².